The van der Waals surface area contributed by atoms with Crippen LogP contribution < -0.4 is 16.0 Å². The van der Waals surface area contributed by atoms with Crippen molar-refractivity contribution in [3.63, 3.8) is 0 Å². The van der Waals surface area contributed by atoms with Gasteiger partial charge in [-0.2, -0.15) is 0 Å². The van der Waals surface area contributed by atoms with E-state index in [9.17, 15) is 9.59 Å². The van der Waals surface area contributed by atoms with Crippen LogP contribution in [0.5, 0.6) is 0 Å². The molecule has 6 heteroatoms. The van der Waals surface area contributed by atoms with Crippen LogP contribution in [0, 0.1) is 0 Å². The van der Waals surface area contributed by atoms with Crippen LogP contribution in [-0.4, -0.2) is 36.1 Å². The molecule has 1 saturated heterocycles. The van der Waals surface area contributed by atoms with Crippen LogP contribution >= 0.6 is 0 Å². The van der Waals surface area contributed by atoms with Gasteiger partial charge in [-0.1, -0.05) is 6.07 Å². The Morgan fingerprint density at radius 3 is 2.82 bits per heavy atom. The van der Waals surface area contributed by atoms with Crippen LogP contribution in [-0.2, 0) is 0 Å². The van der Waals surface area contributed by atoms with Gasteiger partial charge in [0.25, 0.3) is 5.91 Å². The SMILES string of the molecule is O=C(NC(=O)c1ccc2ncccc2c1)NC1CCNCC1. The summed E-state index contributed by atoms with van der Waals surface area (Å²) in [5.41, 5.74) is 1.26. The number of benzene rings is 1. The molecule has 0 saturated carbocycles. The first kappa shape index (κ1) is 14.5. The number of carbonyl (C=O) groups is 2. The Balaban J connectivity index is 1.63. The monoisotopic (exact) mass is 298 g/mol. The van der Waals surface area contributed by atoms with E-state index in [1.54, 1.807) is 24.4 Å². The number of carbonyl (C=O) groups excluding carboxylic acids is 2. The Hall–Kier alpha value is -2.47. The largest absolute Gasteiger partial charge is 0.335 e. The third-order valence-corrected chi connectivity index (χ3v) is 3.77. The van der Waals surface area contributed by atoms with E-state index in [0.29, 0.717) is 5.56 Å². The van der Waals surface area contributed by atoms with E-state index < -0.39 is 11.9 Å². The smallest absolute Gasteiger partial charge is 0.321 e. The van der Waals surface area contributed by atoms with Crippen LogP contribution in [0.4, 0.5) is 4.79 Å². The summed E-state index contributed by atoms with van der Waals surface area (Å²) >= 11 is 0. The Labute approximate surface area is 128 Å². The molecule has 2 heterocycles. The minimum atomic E-state index is -0.441. The second-order valence-corrected chi connectivity index (χ2v) is 5.36. The minimum Gasteiger partial charge on any atom is -0.335 e. The molecule has 2 aromatic rings. The number of rotatable bonds is 2. The second kappa shape index (κ2) is 6.53. The van der Waals surface area contributed by atoms with Crippen LogP contribution in [0.3, 0.4) is 0 Å². The summed E-state index contributed by atoms with van der Waals surface area (Å²) in [6.07, 6.45) is 3.46. The van der Waals surface area contributed by atoms with Gasteiger partial charge in [-0.25, -0.2) is 4.79 Å². The molecule has 114 valence electrons. The van der Waals surface area contributed by atoms with Gasteiger partial charge >= 0.3 is 6.03 Å². The fourth-order valence-corrected chi connectivity index (χ4v) is 2.58. The number of urea groups is 1. The number of nitrogens with zero attached hydrogens (tertiary/aromatic N) is 1. The van der Waals surface area contributed by atoms with Gasteiger partial charge in [0.2, 0.25) is 0 Å². The van der Waals surface area contributed by atoms with Crippen molar-refractivity contribution in [1.29, 1.82) is 0 Å². The lowest BCUT2D eigenvalue weighted by Gasteiger charge is -2.23. The lowest BCUT2D eigenvalue weighted by Crippen LogP contribution is -2.48. The normalized spacial score (nSPS) is 15.5. The van der Waals surface area contributed by atoms with Crippen LogP contribution in [0.15, 0.2) is 36.5 Å². The first-order chi connectivity index (χ1) is 10.7. The highest BCUT2D eigenvalue weighted by molar-refractivity contribution is 6.05. The van der Waals surface area contributed by atoms with E-state index in [1.165, 1.54) is 0 Å². The molecule has 22 heavy (non-hydrogen) atoms. The van der Waals surface area contributed by atoms with Gasteiger partial charge in [-0.15, -0.1) is 0 Å². The van der Waals surface area contributed by atoms with Crippen molar-refractivity contribution in [2.24, 2.45) is 0 Å². The maximum Gasteiger partial charge on any atom is 0.321 e. The quantitative estimate of drug-likeness (QED) is 0.783. The Bertz CT molecular complexity index is 695. The number of nitrogens with one attached hydrogen (secondary N) is 3. The third kappa shape index (κ3) is 3.40. The molecule has 0 unspecified atom stereocenters. The average molecular weight is 298 g/mol. The van der Waals surface area contributed by atoms with Gasteiger partial charge in [0.15, 0.2) is 0 Å². The first-order valence-corrected chi connectivity index (χ1v) is 7.40. The molecule has 0 aliphatic carbocycles. The van der Waals surface area contributed by atoms with E-state index in [0.717, 1.165) is 36.8 Å². The standard InChI is InChI=1S/C16H18N4O2/c21-15(20-16(22)19-13-5-8-17-9-6-13)12-3-4-14-11(10-12)2-1-7-18-14/h1-4,7,10,13,17H,5-6,8-9H2,(H2,19,20,21,22). The fourth-order valence-electron chi connectivity index (χ4n) is 2.58. The Kier molecular flexibility index (Phi) is 4.29. The van der Waals surface area contributed by atoms with Crippen LogP contribution in [0.1, 0.15) is 23.2 Å². The van der Waals surface area contributed by atoms with Crippen LogP contribution in [0.2, 0.25) is 0 Å². The van der Waals surface area contributed by atoms with Gasteiger partial charge in [0.1, 0.15) is 0 Å². The van der Waals surface area contributed by atoms with Crippen molar-refractivity contribution in [2.75, 3.05) is 13.1 Å². The number of amides is 3. The topological polar surface area (TPSA) is 83.1 Å². The second-order valence-electron chi connectivity index (χ2n) is 5.36. The van der Waals surface area contributed by atoms with E-state index in [1.807, 2.05) is 12.1 Å². The number of aromatic nitrogens is 1. The molecule has 0 radical (unpaired) electrons. The number of fused-ring (bicyclic) bond motifs is 1. The lowest BCUT2D eigenvalue weighted by atomic mass is 10.1. The van der Waals surface area contributed by atoms with E-state index >= 15 is 0 Å². The summed E-state index contributed by atoms with van der Waals surface area (Å²) in [5, 5.41) is 9.31. The van der Waals surface area contributed by atoms with Gasteiger partial charge in [-0.05, 0) is 50.2 Å². The highest BCUT2D eigenvalue weighted by atomic mass is 16.2. The zero-order valence-corrected chi connectivity index (χ0v) is 12.1. The number of pyridine rings is 1. The molecule has 0 atom stereocenters. The highest BCUT2D eigenvalue weighted by Crippen LogP contribution is 2.13. The predicted octanol–water partition coefficient (Wildman–Crippen LogP) is 1.43. The fraction of sp³-hybridized carbons (Fsp3) is 0.312. The summed E-state index contributed by atoms with van der Waals surface area (Å²) in [6.45, 7) is 1.77. The van der Waals surface area contributed by atoms with Gasteiger partial charge in [0, 0.05) is 23.2 Å². The Morgan fingerprint density at radius 1 is 1.18 bits per heavy atom. The molecular formula is C16H18N4O2. The molecule has 1 aromatic heterocycles. The zero-order chi connectivity index (χ0) is 15.4. The van der Waals surface area contributed by atoms with Crippen molar-refractivity contribution < 1.29 is 9.59 Å². The number of hydrogen-bond acceptors (Lipinski definition) is 4. The first-order valence-electron chi connectivity index (χ1n) is 7.40. The van der Waals surface area contributed by atoms with Gasteiger partial charge in [-0.3, -0.25) is 15.1 Å². The minimum absolute atomic E-state index is 0.120. The summed E-state index contributed by atoms with van der Waals surface area (Å²) in [6, 6.07) is 8.55. The molecule has 1 aliphatic rings. The number of imide groups is 1. The summed E-state index contributed by atoms with van der Waals surface area (Å²) in [5.74, 6) is -0.405. The van der Waals surface area contributed by atoms with Crippen molar-refractivity contribution >= 4 is 22.8 Å². The lowest BCUT2D eigenvalue weighted by molar-refractivity contribution is 0.0963. The maximum atomic E-state index is 12.1. The van der Waals surface area contributed by atoms with Crippen molar-refractivity contribution in [2.45, 2.75) is 18.9 Å². The van der Waals surface area contributed by atoms with Crippen molar-refractivity contribution in [1.82, 2.24) is 20.9 Å². The van der Waals surface area contributed by atoms with E-state index in [4.69, 9.17) is 0 Å². The summed E-state index contributed by atoms with van der Waals surface area (Å²) < 4.78 is 0. The molecule has 0 spiro atoms. The summed E-state index contributed by atoms with van der Waals surface area (Å²) in [7, 11) is 0. The van der Waals surface area contributed by atoms with E-state index in [2.05, 4.69) is 20.9 Å². The van der Waals surface area contributed by atoms with E-state index in [-0.39, 0.29) is 6.04 Å². The molecule has 6 nitrogen and oxygen atoms in total. The molecular weight excluding hydrogens is 280 g/mol. The number of piperidine rings is 1. The highest BCUT2D eigenvalue weighted by Gasteiger charge is 2.17. The van der Waals surface area contributed by atoms with Gasteiger partial charge < -0.3 is 10.6 Å². The average Bonchev–Trinajstić information content (AvgIpc) is 2.55. The predicted molar refractivity (Wildman–Crippen MR) is 83.6 cm³/mol. The maximum absolute atomic E-state index is 12.1. The molecule has 1 aliphatic heterocycles. The molecule has 0 bridgehead atoms. The molecule has 1 fully saturated rings. The molecule has 3 N–H and O–H groups in total. The zero-order valence-electron chi connectivity index (χ0n) is 12.1. The molecule has 1 aromatic carbocycles. The third-order valence-electron chi connectivity index (χ3n) is 3.77. The van der Waals surface area contributed by atoms with Crippen LogP contribution in [0.25, 0.3) is 10.9 Å². The van der Waals surface area contributed by atoms with Crippen molar-refractivity contribution in [3.05, 3.63) is 42.1 Å². The molecule has 3 rings (SSSR count). The Morgan fingerprint density at radius 2 is 2.00 bits per heavy atom. The van der Waals surface area contributed by atoms with Gasteiger partial charge in [0.05, 0.1) is 5.52 Å². The molecule has 3 amide bonds. The number of hydrogen-bond donors (Lipinski definition) is 3. The summed E-state index contributed by atoms with van der Waals surface area (Å²) in [4.78, 5) is 28.2. The van der Waals surface area contributed by atoms with Crippen molar-refractivity contribution in [3.8, 4) is 0 Å².